The Bertz CT molecular complexity index is 629. The van der Waals surface area contributed by atoms with Gasteiger partial charge < -0.3 is 15.1 Å². The number of likely N-dealkylation sites (tertiary alicyclic amines) is 2. The maximum absolute atomic E-state index is 13.7. The van der Waals surface area contributed by atoms with Gasteiger partial charge in [-0.05, 0) is 12.8 Å². The van der Waals surface area contributed by atoms with Gasteiger partial charge in [-0.2, -0.15) is 0 Å². The van der Waals surface area contributed by atoms with Crippen LogP contribution in [0.1, 0.15) is 29.8 Å². The Labute approximate surface area is 137 Å². The van der Waals surface area contributed by atoms with E-state index in [0.717, 1.165) is 17.7 Å². The highest BCUT2D eigenvalue weighted by molar-refractivity contribution is 5.92. The number of urea groups is 1. The molecule has 0 radical (unpaired) electrons. The van der Waals surface area contributed by atoms with Gasteiger partial charge in [0.1, 0.15) is 0 Å². The van der Waals surface area contributed by atoms with Gasteiger partial charge in [0, 0.05) is 26.6 Å². The van der Waals surface area contributed by atoms with Crippen LogP contribution in [-0.2, 0) is 6.54 Å². The van der Waals surface area contributed by atoms with Crippen molar-refractivity contribution in [3.8, 4) is 0 Å². The molecule has 2 aliphatic heterocycles. The molecule has 3 rings (SSSR count). The third-order valence-electron chi connectivity index (χ3n) is 4.40. The summed E-state index contributed by atoms with van der Waals surface area (Å²) in [5.74, 6) is -3.12. The highest BCUT2D eigenvalue weighted by atomic mass is 19.3. The summed E-state index contributed by atoms with van der Waals surface area (Å²) in [6.07, 6.45) is 2.96. The van der Waals surface area contributed by atoms with E-state index in [2.05, 4.69) is 15.6 Å². The minimum Gasteiger partial charge on any atom is -0.341 e. The van der Waals surface area contributed by atoms with E-state index in [9.17, 15) is 18.4 Å². The van der Waals surface area contributed by atoms with Gasteiger partial charge >= 0.3 is 6.03 Å². The molecule has 0 aromatic carbocycles. The average Bonchev–Trinajstić information content (AvgIpc) is 3.26. The first-order valence-electron chi connectivity index (χ1n) is 7.95. The summed E-state index contributed by atoms with van der Waals surface area (Å²) in [4.78, 5) is 26.8. The second kappa shape index (κ2) is 6.33. The highest BCUT2D eigenvalue weighted by Crippen LogP contribution is 2.32. The quantitative estimate of drug-likeness (QED) is 0.870. The smallest absolute Gasteiger partial charge is 0.317 e. The molecule has 2 fully saturated rings. The Balaban J connectivity index is 1.69. The first-order valence-corrected chi connectivity index (χ1v) is 7.95. The number of carbonyl (C=O) groups is 2. The summed E-state index contributed by atoms with van der Waals surface area (Å²) in [6, 6.07) is -1.25. The lowest BCUT2D eigenvalue weighted by Gasteiger charge is -2.22. The number of rotatable bonds is 3. The molecular weight excluding hydrogens is 322 g/mol. The van der Waals surface area contributed by atoms with Crippen LogP contribution in [-0.4, -0.2) is 75.4 Å². The lowest BCUT2D eigenvalue weighted by atomic mass is 10.2. The van der Waals surface area contributed by atoms with Gasteiger partial charge in [0.15, 0.2) is 5.69 Å². The first kappa shape index (κ1) is 16.6. The summed E-state index contributed by atoms with van der Waals surface area (Å²) < 4.78 is 28.7. The number of carbonyl (C=O) groups excluding carboxylic acids is 2. The van der Waals surface area contributed by atoms with Crippen LogP contribution in [0.15, 0.2) is 6.20 Å². The van der Waals surface area contributed by atoms with E-state index in [-0.39, 0.29) is 18.1 Å². The Morgan fingerprint density at radius 3 is 2.75 bits per heavy atom. The molecule has 8 nitrogen and oxygen atoms in total. The second-order valence-corrected chi connectivity index (χ2v) is 6.22. The molecule has 1 atom stereocenters. The van der Waals surface area contributed by atoms with Crippen molar-refractivity contribution >= 4 is 11.9 Å². The Hall–Kier alpha value is -2.26. The van der Waals surface area contributed by atoms with Gasteiger partial charge in [-0.1, -0.05) is 5.21 Å². The van der Waals surface area contributed by atoms with Crippen LogP contribution in [0.25, 0.3) is 0 Å². The molecule has 132 valence electrons. The predicted molar refractivity (Wildman–Crippen MR) is 79.7 cm³/mol. The van der Waals surface area contributed by atoms with Crippen LogP contribution in [0.4, 0.5) is 13.6 Å². The van der Waals surface area contributed by atoms with E-state index in [0.29, 0.717) is 13.1 Å². The number of halogens is 2. The molecule has 0 saturated carbocycles. The molecule has 10 heteroatoms. The van der Waals surface area contributed by atoms with Crippen molar-refractivity contribution in [2.75, 3.05) is 26.7 Å². The number of hydrogen-bond donors (Lipinski definition) is 1. The monoisotopic (exact) mass is 342 g/mol. The second-order valence-electron chi connectivity index (χ2n) is 6.22. The van der Waals surface area contributed by atoms with Crippen molar-refractivity contribution in [2.45, 2.75) is 37.8 Å². The molecule has 3 amide bonds. The van der Waals surface area contributed by atoms with Gasteiger partial charge in [-0.15, -0.1) is 5.10 Å². The lowest BCUT2D eigenvalue weighted by molar-refractivity contribution is 0.0146. The largest absolute Gasteiger partial charge is 0.341 e. The third-order valence-corrected chi connectivity index (χ3v) is 4.40. The standard InChI is InChI=1S/C14H20F2N6O2/c1-17-13(24)22-9-14(15,16)6-10(22)7-21-8-11(18-19-21)12(23)20-4-2-3-5-20/h8,10H,2-7,9H2,1H3,(H,17,24). The molecule has 2 aliphatic rings. The zero-order valence-corrected chi connectivity index (χ0v) is 13.4. The zero-order valence-electron chi connectivity index (χ0n) is 13.4. The highest BCUT2D eigenvalue weighted by Gasteiger charge is 2.47. The fourth-order valence-corrected chi connectivity index (χ4v) is 3.23. The van der Waals surface area contributed by atoms with Crippen molar-refractivity contribution in [2.24, 2.45) is 0 Å². The van der Waals surface area contributed by atoms with Gasteiger partial charge in [0.2, 0.25) is 0 Å². The van der Waals surface area contributed by atoms with Crippen LogP contribution >= 0.6 is 0 Å². The van der Waals surface area contributed by atoms with Crippen LogP contribution in [0.3, 0.4) is 0 Å². The van der Waals surface area contributed by atoms with Crippen molar-refractivity contribution < 1.29 is 18.4 Å². The van der Waals surface area contributed by atoms with Crippen molar-refractivity contribution in [1.82, 2.24) is 30.1 Å². The van der Waals surface area contributed by atoms with Crippen molar-refractivity contribution in [1.29, 1.82) is 0 Å². The van der Waals surface area contributed by atoms with Crippen LogP contribution in [0.2, 0.25) is 0 Å². The maximum atomic E-state index is 13.7. The number of alkyl halides is 2. The SMILES string of the molecule is CNC(=O)N1CC(F)(F)CC1Cn1cc(C(=O)N2CCCC2)nn1. The number of nitrogens with one attached hydrogen (secondary N) is 1. The normalized spacial score (nSPS) is 22.9. The Morgan fingerprint density at radius 2 is 2.08 bits per heavy atom. The fraction of sp³-hybridized carbons (Fsp3) is 0.714. The van der Waals surface area contributed by atoms with Gasteiger partial charge in [0.25, 0.3) is 11.8 Å². The molecule has 2 saturated heterocycles. The molecule has 0 spiro atoms. The number of aromatic nitrogens is 3. The maximum Gasteiger partial charge on any atom is 0.317 e. The summed E-state index contributed by atoms with van der Waals surface area (Å²) in [5.41, 5.74) is 0.202. The summed E-state index contributed by atoms with van der Waals surface area (Å²) >= 11 is 0. The Kier molecular flexibility index (Phi) is 4.37. The van der Waals surface area contributed by atoms with E-state index in [1.54, 1.807) is 4.90 Å². The topological polar surface area (TPSA) is 83.4 Å². The molecule has 1 unspecified atom stereocenters. The molecule has 24 heavy (non-hydrogen) atoms. The number of amides is 3. The summed E-state index contributed by atoms with van der Waals surface area (Å²) in [6.45, 7) is 0.852. The minimum atomic E-state index is -2.92. The molecule has 1 aromatic heterocycles. The molecular formula is C14H20F2N6O2. The predicted octanol–water partition coefficient (Wildman–Crippen LogP) is 0.563. The van der Waals surface area contributed by atoms with E-state index in [1.165, 1.54) is 17.9 Å². The molecule has 1 N–H and O–H groups in total. The summed E-state index contributed by atoms with van der Waals surface area (Å²) in [7, 11) is 1.40. The van der Waals surface area contributed by atoms with Gasteiger partial charge in [0.05, 0.1) is 25.3 Å². The molecule has 1 aromatic rings. The van der Waals surface area contributed by atoms with Crippen LogP contribution in [0, 0.1) is 0 Å². The minimum absolute atomic E-state index is 0.0727. The Morgan fingerprint density at radius 1 is 1.38 bits per heavy atom. The number of hydrogen-bond acceptors (Lipinski definition) is 4. The fourth-order valence-electron chi connectivity index (χ4n) is 3.23. The molecule has 3 heterocycles. The van der Waals surface area contributed by atoms with Crippen molar-refractivity contribution in [3.63, 3.8) is 0 Å². The van der Waals surface area contributed by atoms with Gasteiger partial charge in [-0.25, -0.2) is 18.3 Å². The van der Waals surface area contributed by atoms with Crippen LogP contribution in [0.5, 0.6) is 0 Å². The van der Waals surface area contributed by atoms with Crippen LogP contribution < -0.4 is 5.32 Å². The third kappa shape index (κ3) is 3.31. The zero-order chi connectivity index (χ0) is 17.3. The first-order chi connectivity index (χ1) is 11.4. The van der Waals surface area contributed by atoms with Crippen molar-refractivity contribution in [3.05, 3.63) is 11.9 Å². The van der Waals surface area contributed by atoms with E-state index in [1.807, 2.05) is 0 Å². The molecule has 0 bridgehead atoms. The van der Waals surface area contributed by atoms with E-state index < -0.39 is 31.0 Å². The number of nitrogens with zero attached hydrogens (tertiary/aromatic N) is 5. The van der Waals surface area contributed by atoms with E-state index >= 15 is 0 Å². The lowest BCUT2D eigenvalue weighted by Crippen LogP contribution is -2.43. The average molecular weight is 342 g/mol. The molecule has 0 aliphatic carbocycles. The van der Waals surface area contributed by atoms with E-state index in [4.69, 9.17) is 0 Å². The summed E-state index contributed by atoms with van der Waals surface area (Å²) in [5, 5.41) is 10.1. The van der Waals surface area contributed by atoms with Gasteiger partial charge in [-0.3, -0.25) is 4.79 Å².